The molecule has 2 heteroatoms. The van der Waals surface area contributed by atoms with E-state index in [1.165, 1.54) is 55.5 Å². The normalized spacial score (nSPS) is 18.6. The summed E-state index contributed by atoms with van der Waals surface area (Å²) in [6, 6.07) is 6.85. The summed E-state index contributed by atoms with van der Waals surface area (Å²) in [6.45, 7) is 3.30. The fourth-order valence-electron chi connectivity index (χ4n) is 2.77. The molecular formula is C15H22N2. The molecule has 0 saturated heterocycles. The smallest absolute Gasteiger partial charge is 0.0376 e. The van der Waals surface area contributed by atoms with Gasteiger partial charge in [-0.1, -0.05) is 31.4 Å². The lowest BCUT2D eigenvalue weighted by molar-refractivity contribution is 0.292. The van der Waals surface area contributed by atoms with Crippen LogP contribution in [-0.4, -0.2) is 13.1 Å². The van der Waals surface area contributed by atoms with Crippen molar-refractivity contribution in [2.75, 3.05) is 18.4 Å². The second-order valence-corrected chi connectivity index (χ2v) is 5.43. The zero-order valence-corrected chi connectivity index (χ0v) is 10.5. The second kappa shape index (κ2) is 5.09. The molecule has 1 saturated carbocycles. The van der Waals surface area contributed by atoms with Crippen LogP contribution in [0.1, 0.15) is 36.8 Å². The monoisotopic (exact) mass is 230 g/mol. The number of nitrogens with one attached hydrogen (secondary N) is 2. The van der Waals surface area contributed by atoms with Crippen LogP contribution in [0, 0.1) is 5.92 Å². The first-order valence-corrected chi connectivity index (χ1v) is 6.98. The topological polar surface area (TPSA) is 24.1 Å². The average molecular weight is 230 g/mol. The summed E-state index contributed by atoms with van der Waals surface area (Å²) in [4.78, 5) is 0. The minimum Gasteiger partial charge on any atom is -0.384 e. The number of hydrogen-bond donors (Lipinski definition) is 2. The Bertz CT molecular complexity index is 383. The van der Waals surface area contributed by atoms with E-state index in [0.29, 0.717) is 0 Å². The lowest BCUT2D eigenvalue weighted by atomic mass is 9.83. The molecule has 1 heterocycles. The second-order valence-electron chi connectivity index (χ2n) is 5.43. The summed E-state index contributed by atoms with van der Waals surface area (Å²) in [5.74, 6) is 1.02. The Balaban J connectivity index is 1.44. The van der Waals surface area contributed by atoms with Crippen molar-refractivity contribution in [2.24, 2.45) is 5.92 Å². The van der Waals surface area contributed by atoms with Gasteiger partial charge in [-0.3, -0.25) is 0 Å². The molecule has 92 valence electrons. The largest absolute Gasteiger partial charge is 0.384 e. The molecule has 17 heavy (non-hydrogen) atoms. The van der Waals surface area contributed by atoms with E-state index < -0.39 is 0 Å². The fraction of sp³-hybridized carbons (Fsp3) is 0.600. The van der Waals surface area contributed by atoms with Crippen LogP contribution < -0.4 is 10.6 Å². The maximum absolute atomic E-state index is 3.56. The molecule has 1 fully saturated rings. The van der Waals surface area contributed by atoms with Crippen molar-refractivity contribution < 1.29 is 0 Å². The molecule has 0 aromatic heterocycles. The maximum Gasteiger partial charge on any atom is 0.0376 e. The van der Waals surface area contributed by atoms with Crippen LogP contribution >= 0.6 is 0 Å². The number of benzene rings is 1. The van der Waals surface area contributed by atoms with Gasteiger partial charge in [-0.05, 0) is 42.5 Å². The summed E-state index contributed by atoms with van der Waals surface area (Å²) in [6.07, 6.45) is 6.93. The van der Waals surface area contributed by atoms with E-state index in [-0.39, 0.29) is 0 Å². The molecule has 2 nitrogen and oxygen atoms in total. The van der Waals surface area contributed by atoms with Crippen LogP contribution in [0.3, 0.4) is 0 Å². The van der Waals surface area contributed by atoms with Crippen molar-refractivity contribution in [3.8, 4) is 0 Å². The van der Waals surface area contributed by atoms with Crippen molar-refractivity contribution in [3.05, 3.63) is 29.3 Å². The highest BCUT2D eigenvalue weighted by Gasteiger charge is 2.16. The van der Waals surface area contributed by atoms with Gasteiger partial charge in [0.15, 0.2) is 0 Å². The molecule has 3 rings (SSSR count). The molecular weight excluding hydrogens is 208 g/mol. The Kier molecular flexibility index (Phi) is 3.32. The van der Waals surface area contributed by atoms with Crippen molar-refractivity contribution in [1.82, 2.24) is 5.32 Å². The lowest BCUT2D eigenvalue weighted by Gasteiger charge is -2.25. The van der Waals surface area contributed by atoms with Gasteiger partial charge in [0, 0.05) is 18.8 Å². The minimum atomic E-state index is 1.02. The molecule has 2 aliphatic rings. The molecule has 0 atom stereocenters. The quantitative estimate of drug-likeness (QED) is 0.760. The lowest BCUT2D eigenvalue weighted by Crippen LogP contribution is -2.21. The van der Waals surface area contributed by atoms with E-state index in [9.17, 15) is 0 Å². The molecule has 2 N–H and O–H groups in total. The highest BCUT2D eigenvalue weighted by molar-refractivity contribution is 5.56. The van der Waals surface area contributed by atoms with Crippen molar-refractivity contribution >= 4 is 5.69 Å². The number of hydrogen-bond acceptors (Lipinski definition) is 2. The van der Waals surface area contributed by atoms with E-state index in [2.05, 4.69) is 28.8 Å². The minimum absolute atomic E-state index is 1.02. The Morgan fingerprint density at radius 3 is 3.06 bits per heavy atom. The maximum atomic E-state index is 3.56. The number of fused-ring (bicyclic) bond motifs is 1. The van der Waals surface area contributed by atoms with Crippen LogP contribution in [-0.2, 0) is 13.0 Å². The predicted octanol–water partition coefficient (Wildman–Crippen LogP) is 2.93. The van der Waals surface area contributed by atoms with Gasteiger partial charge in [-0.25, -0.2) is 0 Å². The molecule has 0 spiro atoms. The third kappa shape index (κ3) is 2.63. The van der Waals surface area contributed by atoms with Gasteiger partial charge in [0.2, 0.25) is 0 Å². The van der Waals surface area contributed by atoms with Crippen LogP contribution in [0.4, 0.5) is 5.69 Å². The fourth-order valence-corrected chi connectivity index (χ4v) is 2.77. The molecule has 1 aliphatic heterocycles. The standard InChI is InChI=1S/C15H22N2/c1-2-12(3-1)6-8-16-11-13-4-5-14-7-9-17-15(14)10-13/h4-5,10,12,16-17H,1-3,6-9,11H2. The van der Waals surface area contributed by atoms with Crippen LogP contribution in [0.25, 0.3) is 0 Å². The van der Waals surface area contributed by atoms with Crippen molar-refractivity contribution in [2.45, 2.75) is 38.6 Å². The van der Waals surface area contributed by atoms with Crippen LogP contribution in [0.15, 0.2) is 18.2 Å². The first-order valence-electron chi connectivity index (χ1n) is 6.98. The van der Waals surface area contributed by atoms with Gasteiger partial charge in [0.1, 0.15) is 0 Å². The first-order chi connectivity index (χ1) is 8.42. The molecule has 1 aliphatic carbocycles. The third-order valence-electron chi connectivity index (χ3n) is 4.17. The summed E-state index contributed by atoms with van der Waals surface area (Å²) in [5.41, 5.74) is 4.23. The van der Waals surface area contributed by atoms with Gasteiger partial charge < -0.3 is 10.6 Å². The van der Waals surface area contributed by atoms with Gasteiger partial charge in [0.05, 0.1) is 0 Å². The third-order valence-corrected chi connectivity index (χ3v) is 4.17. The van der Waals surface area contributed by atoms with Gasteiger partial charge in [-0.15, -0.1) is 0 Å². The van der Waals surface area contributed by atoms with Gasteiger partial charge in [-0.2, -0.15) is 0 Å². The van der Waals surface area contributed by atoms with Crippen molar-refractivity contribution in [3.63, 3.8) is 0 Å². The highest BCUT2D eigenvalue weighted by Crippen LogP contribution is 2.28. The Morgan fingerprint density at radius 1 is 1.29 bits per heavy atom. The molecule has 0 unspecified atom stereocenters. The van der Waals surface area contributed by atoms with E-state index in [1.54, 1.807) is 0 Å². The van der Waals surface area contributed by atoms with Gasteiger partial charge in [0.25, 0.3) is 0 Å². The molecule has 1 aromatic carbocycles. The van der Waals surface area contributed by atoms with Crippen LogP contribution in [0.2, 0.25) is 0 Å². The highest BCUT2D eigenvalue weighted by atomic mass is 14.9. The van der Waals surface area contributed by atoms with Crippen LogP contribution in [0.5, 0.6) is 0 Å². The molecule has 0 amide bonds. The average Bonchev–Trinajstić information content (AvgIpc) is 2.73. The predicted molar refractivity (Wildman–Crippen MR) is 72.3 cm³/mol. The summed E-state index contributed by atoms with van der Waals surface area (Å²) < 4.78 is 0. The number of rotatable bonds is 5. The van der Waals surface area contributed by atoms with E-state index >= 15 is 0 Å². The molecule has 0 bridgehead atoms. The zero-order valence-electron chi connectivity index (χ0n) is 10.5. The van der Waals surface area contributed by atoms with Crippen molar-refractivity contribution in [1.29, 1.82) is 0 Å². The SMILES string of the molecule is c1cc2c(cc1CNCCC1CCC1)NCC2. The van der Waals surface area contributed by atoms with E-state index in [4.69, 9.17) is 0 Å². The summed E-state index contributed by atoms with van der Waals surface area (Å²) in [5, 5.41) is 7.00. The van der Waals surface area contributed by atoms with E-state index in [0.717, 1.165) is 19.0 Å². The first kappa shape index (κ1) is 11.1. The number of anilines is 1. The Morgan fingerprint density at radius 2 is 2.24 bits per heavy atom. The Hall–Kier alpha value is -1.02. The van der Waals surface area contributed by atoms with E-state index in [1.807, 2.05) is 0 Å². The molecule has 0 radical (unpaired) electrons. The summed E-state index contributed by atoms with van der Waals surface area (Å²) in [7, 11) is 0. The summed E-state index contributed by atoms with van der Waals surface area (Å²) >= 11 is 0. The van der Waals surface area contributed by atoms with Gasteiger partial charge >= 0.3 is 0 Å². The zero-order chi connectivity index (χ0) is 11.5. The Labute approximate surface area is 104 Å². The molecule has 1 aromatic rings.